The third-order valence-corrected chi connectivity index (χ3v) is 11.1. The van der Waals surface area contributed by atoms with Crippen LogP contribution in [0.25, 0.3) is 0 Å². The van der Waals surface area contributed by atoms with E-state index in [4.69, 9.17) is 0 Å². The van der Waals surface area contributed by atoms with E-state index in [0.717, 1.165) is 11.0 Å². The average Bonchev–Trinajstić information content (AvgIpc) is 3.18. The maximum absolute atomic E-state index is 17.4. The first-order valence-corrected chi connectivity index (χ1v) is 14.7. The molecular weight excluding hydrogens is 524 g/mol. The summed E-state index contributed by atoms with van der Waals surface area (Å²) < 4.78 is 33.0. The van der Waals surface area contributed by atoms with E-state index in [0.29, 0.717) is 18.7 Å². The van der Waals surface area contributed by atoms with Gasteiger partial charge in [0, 0.05) is 41.0 Å². The van der Waals surface area contributed by atoms with E-state index in [-0.39, 0.29) is 25.0 Å². The highest BCUT2D eigenvalue weighted by Crippen LogP contribution is 2.70. The smallest absolute Gasteiger partial charge is 0.178 e. The number of benzene rings is 1. The number of hydroxylamine groups is 2. The fourth-order valence-electron chi connectivity index (χ4n) is 8.44. The van der Waals surface area contributed by atoms with Crippen LogP contribution in [-0.4, -0.2) is 75.4 Å². The summed E-state index contributed by atoms with van der Waals surface area (Å²) in [5.74, 6) is -2.65. The zero-order valence-corrected chi connectivity index (χ0v) is 23.1. The molecule has 0 radical (unpaired) electrons. The van der Waals surface area contributed by atoms with Gasteiger partial charge in [-0.05, 0) is 73.3 Å². The Kier molecular flexibility index (Phi) is 7.70. The molecule has 9 atom stereocenters. The number of hydrogen-bond acceptors (Lipinski definition) is 7. The van der Waals surface area contributed by atoms with Crippen LogP contribution >= 0.6 is 11.8 Å². The van der Waals surface area contributed by atoms with Crippen molar-refractivity contribution < 1.29 is 33.8 Å². The van der Waals surface area contributed by atoms with Crippen molar-refractivity contribution in [3.05, 3.63) is 54.1 Å². The molecule has 3 saturated carbocycles. The monoisotopic (exact) mass is 561 g/mol. The minimum absolute atomic E-state index is 0.0333. The van der Waals surface area contributed by atoms with Crippen molar-refractivity contribution >= 4 is 23.3 Å². The highest BCUT2D eigenvalue weighted by atomic mass is 32.2. The molecule has 3 fully saturated rings. The number of hydrogen-bond donors (Lipinski definition) is 3. The summed E-state index contributed by atoms with van der Waals surface area (Å²) in [5, 5.41) is 33.2. The number of carbonyl (C=O) groups excluding carboxylic acids is 2. The van der Waals surface area contributed by atoms with Gasteiger partial charge in [-0.2, -0.15) is 5.06 Å². The molecule has 0 bridgehead atoms. The largest absolute Gasteiger partial charge is 0.390 e. The highest BCUT2D eigenvalue weighted by Gasteiger charge is 2.73. The van der Waals surface area contributed by atoms with E-state index >= 15 is 8.78 Å². The van der Waals surface area contributed by atoms with Crippen molar-refractivity contribution in [2.75, 3.05) is 25.4 Å². The summed E-state index contributed by atoms with van der Waals surface area (Å²) >= 11 is 1.59. The third kappa shape index (κ3) is 4.54. The number of Topliss-reactive ketones (excluding diaryl/α,β-unsaturated/α-hetero) is 1. The Hall–Kier alpha value is -1.91. The second kappa shape index (κ2) is 10.5. The molecule has 0 heterocycles. The minimum Gasteiger partial charge on any atom is -0.390 e. The van der Waals surface area contributed by atoms with Gasteiger partial charge in [0.15, 0.2) is 17.2 Å². The normalized spacial score (nSPS) is 41.1. The molecule has 1 unspecified atom stereocenters. The van der Waals surface area contributed by atoms with E-state index in [1.165, 1.54) is 17.2 Å². The van der Waals surface area contributed by atoms with Gasteiger partial charge in [0.2, 0.25) is 0 Å². The van der Waals surface area contributed by atoms with Gasteiger partial charge in [-0.3, -0.25) is 9.59 Å². The van der Waals surface area contributed by atoms with Crippen LogP contribution in [0.15, 0.2) is 59.0 Å². The lowest BCUT2D eigenvalue weighted by molar-refractivity contribution is -0.202. The first kappa shape index (κ1) is 28.6. The van der Waals surface area contributed by atoms with Crippen LogP contribution in [0.2, 0.25) is 0 Å². The molecule has 0 aromatic heterocycles. The molecule has 4 aliphatic rings. The Morgan fingerprint density at radius 2 is 1.90 bits per heavy atom. The van der Waals surface area contributed by atoms with Crippen LogP contribution in [0.5, 0.6) is 0 Å². The first-order chi connectivity index (χ1) is 18.5. The predicted octanol–water partition coefficient (Wildman–Crippen LogP) is 4.19. The van der Waals surface area contributed by atoms with Crippen LogP contribution in [-0.2, 0) is 9.59 Å². The van der Waals surface area contributed by atoms with E-state index in [9.17, 15) is 25.0 Å². The number of carbonyl (C=O) groups is 2. The van der Waals surface area contributed by atoms with Crippen LogP contribution in [0.3, 0.4) is 0 Å². The first-order valence-electron chi connectivity index (χ1n) is 13.7. The fraction of sp³-hybridized carbons (Fsp3) is 0.600. The number of ketones is 2. The van der Waals surface area contributed by atoms with Crippen LogP contribution in [0, 0.1) is 34.5 Å². The lowest BCUT2D eigenvalue weighted by atomic mass is 9.45. The van der Waals surface area contributed by atoms with Crippen molar-refractivity contribution in [3.63, 3.8) is 0 Å². The summed E-state index contributed by atoms with van der Waals surface area (Å²) in [7, 11) is 0. The highest BCUT2D eigenvalue weighted by molar-refractivity contribution is 7.99. The number of aliphatic hydroxyl groups excluding tert-OH is 2. The molecule has 3 N–H and O–H groups in total. The summed E-state index contributed by atoms with van der Waals surface area (Å²) in [6.07, 6.45) is 0.892. The zero-order valence-electron chi connectivity index (χ0n) is 22.3. The second-order valence-corrected chi connectivity index (χ2v) is 13.3. The molecule has 1 aromatic rings. The molecule has 4 aliphatic carbocycles. The van der Waals surface area contributed by atoms with Crippen molar-refractivity contribution in [2.24, 2.45) is 34.5 Å². The van der Waals surface area contributed by atoms with Gasteiger partial charge in [0.05, 0.1) is 6.10 Å². The minimum atomic E-state index is -2.23. The van der Waals surface area contributed by atoms with Gasteiger partial charge in [-0.25, -0.2) is 8.78 Å². The summed E-state index contributed by atoms with van der Waals surface area (Å²) in [6.45, 7) is 3.19. The Morgan fingerprint density at radius 1 is 1.18 bits per heavy atom. The Labute approximate surface area is 232 Å². The Morgan fingerprint density at radius 3 is 2.59 bits per heavy atom. The molecule has 0 saturated heterocycles. The lowest BCUT2D eigenvalue weighted by Crippen LogP contribution is -2.68. The quantitative estimate of drug-likeness (QED) is 0.323. The van der Waals surface area contributed by atoms with E-state index in [1.807, 2.05) is 37.3 Å². The fourth-order valence-corrected chi connectivity index (χ4v) is 9.33. The van der Waals surface area contributed by atoms with Gasteiger partial charge in [-0.15, -0.1) is 11.8 Å². The maximum atomic E-state index is 17.4. The zero-order chi connectivity index (χ0) is 28.2. The van der Waals surface area contributed by atoms with Gasteiger partial charge in [0.1, 0.15) is 12.8 Å². The number of allylic oxidation sites excluding steroid dienone is 4. The number of rotatable bonds is 8. The van der Waals surface area contributed by atoms with Gasteiger partial charge < -0.3 is 15.4 Å². The van der Waals surface area contributed by atoms with Crippen LogP contribution in [0.4, 0.5) is 8.78 Å². The number of fused-ring (bicyclic) bond motifs is 5. The molecule has 5 rings (SSSR count). The van der Waals surface area contributed by atoms with Crippen molar-refractivity contribution in [3.8, 4) is 0 Å². The summed E-state index contributed by atoms with van der Waals surface area (Å²) in [6, 6.07) is 9.79. The van der Waals surface area contributed by atoms with Crippen molar-refractivity contribution in [2.45, 2.75) is 55.9 Å². The molecule has 0 amide bonds. The molecular formula is C30H37F2NO5S. The Bertz CT molecular complexity index is 1180. The van der Waals surface area contributed by atoms with Gasteiger partial charge >= 0.3 is 0 Å². The van der Waals surface area contributed by atoms with E-state index in [1.54, 1.807) is 18.7 Å². The molecule has 39 heavy (non-hydrogen) atoms. The summed E-state index contributed by atoms with van der Waals surface area (Å²) in [4.78, 5) is 26.2. The number of thioether (sulfide) groups is 1. The topological polar surface area (TPSA) is 98.1 Å². The molecule has 0 spiro atoms. The van der Waals surface area contributed by atoms with Crippen LogP contribution in [0.1, 0.15) is 33.1 Å². The Balaban J connectivity index is 1.41. The number of aliphatic hydroxyl groups is 2. The lowest BCUT2D eigenvalue weighted by Gasteiger charge is -2.62. The van der Waals surface area contributed by atoms with E-state index in [2.05, 4.69) is 0 Å². The average molecular weight is 562 g/mol. The number of halogens is 2. The predicted molar refractivity (Wildman–Crippen MR) is 144 cm³/mol. The third-order valence-electron chi connectivity index (χ3n) is 10.1. The molecule has 0 aliphatic heterocycles. The number of nitrogens with zero attached hydrogens (tertiary/aromatic N) is 1. The SMILES string of the molecule is C[C@]12C[C@H](O)[C@@]3(F)[C@@H](C[C@H](F)C4=CC(=O)C=C[C@@]43C)C1C[C@@H](CN(O)CCSc1ccccc1)[C@@H]2C(=O)CO. The maximum Gasteiger partial charge on any atom is 0.178 e. The molecule has 6 nitrogen and oxygen atoms in total. The van der Waals surface area contributed by atoms with E-state index < -0.39 is 70.6 Å². The van der Waals surface area contributed by atoms with Crippen molar-refractivity contribution in [1.82, 2.24) is 5.06 Å². The number of alkyl halides is 2. The molecule has 212 valence electrons. The van der Waals surface area contributed by atoms with Gasteiger partial charge in [-0.1, -0.05) is 31.2 Å². The molecule has 9 heteroatoms. The standard InChI is InChI=1S/C30H37F2NO5S/c1-28-15-26(37)30(32)22(14-24(31)23-13-19(35)8-9-29(23,30)2)21(28)12-18(27(28)25(36)17-34)16-33(38)10-11-39-20-6-4-3-5-7-20/h3-9,13,18,21-22,24,26-27,34,37-38H,10-12,14-17H2,1-2H3/t18-,21?,22-,24-,26-,27+,28-,29-,30-/m0/s1. The van der Waals surface area contributed by atoms with Crippen molar-refractivity contribution in [1.29, 1.82) is 0 Å². The van der Waals surface area contributed by atoms with Gasteiger partial charge in [0.25, 0.3) is 0 Å². The second-order valence-electron chi connectivity index (χ2n) is 12.1. The molecule has 1 aromatic carbocycles. The van der Waals surface area contributed by atoms with Crippen LogP contribution < -0.4 is 0 Å². The summed E-state index contributed by atoms with van der Waals surface area (Å²) in [5.41, 5.74) is -4.53.